The fourth-order valence-electron chi connectivity index (χ4n) is 1.86. The van der Waals surface area contributed by atoms with E-state index in [0.717, 1.165) is 0 Å². The van der Waals surface area contributed by atoms with Crippen molar-refractivity contribution < 1.29 is 4.74 Å². The maximum Gasteiger partial charge on any atom is 0.0660 e. The zero-order valence-electron chi connectivity index (χ0n) is 13.1. The third-order valence-corrected chi connectivity index (χ3v) is 3.15. The molecular formula is C15H32O. The van der Waals surface area contributed by atoms with Gasteiger partial charge in [0.05, 0.1) is 11.7 Å². The van der Waals surface area contributed by atoms with Crippen LogP contribution in [0.2, 0.25) is 0 Å². The summed E-state index contributed by atoms with van der Waals surface area (Å²) in [4.78, 5) is 0. The Morgan fingerprint density at radius 1 is 0.688 bits per heavy atom. The summed E-state index contributed by atoms with van der Waals surface area (Å²) in [7, 11) is 0. The zero-order valence-corrected chi connectivity index (χ0v) is 13.1. The second kappa shape index (κ2) is 4.68. The van der Waals surface area contributed by atoms with Crippen LogP contribution in [0.1, 0.15) is 69.2 Å². The van der Waals surface area contributed by atoms with Crippen LogP contribution in [-0.4, -0.2) is 11.7 Å². The van der Waals surface area contributed by atoms with E-state index in [1.54, 1.807) is 0 Å². The fraction of sp³-hybridized carbons (Fsp3) is 1.00. The van der Waals surface area contributed by atoms with Crippen molar-refractivity contribution in [1.82, 2.24) is 0 Å². The first-order chi connectivity index (χ1) is 6.75. The molecule has 0 rings (SSSR count). The van der Waals surface area contributed by atoms with E-state index in [4.69, 9.17) is 4.74 Å². The van der Waals surface area contributed by atoms with Crippen molar-refractivity contribution >= 4 is 0 Å². The molecule has 16 heavy (non-hydrogen) atoms. The summed E-state index contributed by atoms with van der Waals surface area (Å²) >= 11 is 0. The molecule has 0 amide bonds. The SMILES string of the molecule is CC(C(OC(C)(C)C)C(C)(C)C)C(C)(C)C. The first-order valence-corrected chi connectivity index (χ1v) is 6.43. The van der Waals surface area contributed by atoms with Crippen molar-refractivity contribution in [2.24, 2.45) is 16.7 Å². The molecule has 0 fully saturated rings. The summed E-state index contributed by atoms with van der Waals surface area (Å²) in [6.45, 7) is 22.4. The molecule has 0 saturated heterocycles. The topological polar surface area (TPSA) is 9.23 Å². The lowest BCUT2D eigenvalue weighted by Gasteiger charge is -2.44. The van der Waals surface area contributed by atoms with Gasteiger partial charge in [-0.25, -0.2) is 0 Å². The van der Waals surface area contributed by atoms with Gasteiger partial charge in [-0.05, 0) is 37.5 Å². The molecule has 0 aliphatic heterocycles. The molecule has 0 saturated carbocycles. The summed E-state index contributed by atoms with van der Waals surface area (Å²) in [5, 5.41) is 0. The Hall–Kier alpha value is -0.0400. The molecule has 0 aliphatic rings. The molecule has 1 heteroatoms. The standard InChI is InChI=1S/C15H32O/c1-11(13(2,3)4)12(14(5,6)7)16-15(8,9)10/h11-12H,1-10H3. The number of rotatable bonds is 2. The smallest absolute Gasteiger partial charge is 0.0660 e. The molecular weight excluding hydrogens is 196 g/mol. The summed E-state index contributed by atoms with van der Waals surface area (Å²) in [6.07, 6.45) is 0.285. The predicted molar refractivity (Wildman–Crippen MR) is 72.7 cm³/mol. The van der Waals surface area contributed by atoms with Crippen molar-refractivity contribution in [3.8, 4) is 0 Å². The van der Waals surface area contributed by atoms with E-state index < -0.39 is 0 Å². The van der Waals surface area contributed by atoms with Gasteiger partial charge in [-0.15, -0.1) is 0 Å². The van der Waals surface area contributed by atoms with E-state index in [1.165, 1.54) is 0 Å². The summed E-state index contributed by atoms with van der Waals surface area (Å²) < 4.78 is 6.29. The first kappa shape index (κ1) is 16.0. The van der Waals surface area contributed by atoms with Crippen LogP contribution in [-0.2, 0) is 4.74 Å². The third-order valence-electron chi connectivity index (χ3n) is 3.15. The van der Waals surface area contributed by atoms with E-state index >= 15 is 0 Å². The Kier molecular flexibility index (Phi) is 4.67. The molecule has 0 bridgehead atoms. The molecule has 0 aromatic rings. The lowest BCUT2D eigenvalue weighted by Crippen LogP contribution is -2.45. The van der Waals surface area contributed by atoms with Gasteiger partial charge in [-0.3, -0.25) is 0 Å². The molecule has 0 aromatic carbocycles. The monoisotopic (exact) mass is 228 g/mol. The normalized spacial score (nSPS) is 18.4. The molecule has 0 N–H and O–H groups in total. The van der Waals surface area contributed by atoms with Crippen LogP contribution in [0.25, 0.3) is 0 Å². The Bertz CT molecular complexity index is 209. The van der Waals surface area contributed by atoms with E-state index in [0.29, 0.717) is 5.92 Å². The molecule has 0 aromatic heterocycles. The van der Waals surface area contributed by atoms with Gasteiger partial charge in [-0.2, -0.15) is 0 Å². The first-order valence-electron chi connectivity index (χ1n) is 6.43. The van der Waals surface area contributed by atoms with Gasteiger partial charge in [0.25, 0.3) is 0 Å². The zero-order chi connectivity index (χ0) is 13.4. The van der Waals surface area contributed by atoms with Crippen LogP contribution < -0.4 is 0 Å². The quantitative estimate of drug-likeness (QED) is 0.653. The molecule has 98 valence electrons. The van der Waals surface area contributed by atoms with Crippen LogP contribution in [0.3, 0.4) is 0 Å². The van der Waals surface area contributed by atoms with Crippen LogP contribution >= 0.6 is 0 Å². The number of hydrogen-bond donors (Lipinski definition) is 0. The van der Waals surface area contributed by atoms with Crippen LogP contribution in [0.5, 0.6) is 0 Å². The van der Waals surface area contributed by atoms with Crippen molar-refractivity contribution in [2.75, 3.05) is 0 Å². The lowest BCUT2D eigenvalue weighted by molar-refractivity contribution is -0.144. The highest BCUT2D eigenvalue weighted by Crippen LogP contribution is 2.39. The Balaban J connectivity index is 4.98. The van der Waals surface area contributed by atoms with Gasteiger partial charge in [0.15, 0.2) is 0 Å². The minimum atomic E-state index is -0.0720. The molecule has 1 nitrogen and oxygen atoms in total. The Labute approximate surface area is 103 Å². The van der Waals surface area contributed by atoms with Gasteiger partial charge in [0, 0.05) is 0 Å². The second-order valence-electron chi connectivity index (χ2n) is 8.17. The molecule has 0 spiro atoms. The fourth-order valence-corrected chi connectivity index (χ4v) is 1.86. The Morgan fingerprint density at radius 2 is 1.06 bits per heavy atom. The average molecular weight is 228 g/mol. The summed E-state index contributed by atoms with van der Waals surface area (Å²) in [6, 6.07) is 0. The van der Waals surface area contributed by atoms with Gasteiger partial charge >= 0.3 is 0 Å². The van der Waals surface area contributed by atoms with Crippen molar-refractivity contribution in [3.05, 3.63) is 0 Å². The highest BCUT2D eigenvalue weighted by Gasteiger charge is 2.38. The average Bonchev–Trinajstić information content (AvgIpc) is 1.93. The summed E-state index contributed by atoms with van der Waals surface area (Å²) in [5.74, 6) is 0.534. The number of hydrogen-bond acceptors (Lipinski definition) is 1. The van der Waals surface area contributed by atoms with E-state index in [1.807, 2.05) is 0 Å². The highest BCUT2D eigenvalue weighted by molar-refractivity contribution is 4.87. The largest absolute Gasteiger partial charge is 0.372 e. The second-order valence-corrected chi connectivity index (χ2v) is 8.17. The number of ether oxygens (including phenoxy) is 1. The lowest BCUT2D eigenvalue weighted by atomic mass is 9.70. The highest BCUT2D eigenvalue weighted by atomic mass is 16.5. The van der Waals surface area contributed by atoms with E-state index in [9.17, 15) is 0 Å². The maximum absolute atomic E-state index is 6.29. The van der Waals surface area contributed by atoms with Crippen LogP contribution in [0.4, 0.5) is 0 Å². The van der Waals surface area contributed by atoms with Crippen molar-refractivity contribution in [1.29, 1.82) is 0 Å². The minimum absolute atomic E-state index is 0.0720. The maximum atomic E-state index is 6.29. The molecule has 0 heterocycles. The van der Waals surface area contributed by atoms with Crippen molar-refractivity contribution in [3.63, 3.8) is 0 Å². The molecule has 2 unspecified atom stereocenters. The predicted octanol–water partition coefficient (Wildman–Crippen LogP) is 4.90. The van der Waals surface area contributed by atoms with Crippen LogP contribution in [0, 0.1) is 16.7 Å². The van der Waals surface area contributed by atoms with Crippen molar-refractivity contribution in [2.45, 2.75) is 80.9 Å². The van der Waals surface area contributed by atoms with E-state index in [2.05, 4.69) is 69.2 Å². The molecule has 0 aliphatic carbocycles. The molecule has 0 radical (unpaired) electrons. The van der Waals surface area contributed by atoms with Crippen LogP contribution in [0.15, 0.2) is 0 Å². The van der Waals surface area contributed by atoms with Gasteiger partial charge in [0.1, 0.15) is 0 Å². The van der Waals surface area contributed by atoms with Gasteiger partial charge in [0.2, 0.25) is 0 Å². The minimum Gasteiger partial charge on any atom is -0.372 e. The summed E-state index contributed by atoms with van der Waals surface area (Å²) in [5.41, 5.74) is 0.390. The molecule has 2 atom stereocenters. The Morgan fingerprint density at radius 3 is 1.25 bits per heavy atom. The third kappa shape index (κ3) is 5.34. The van der Waals surface area contributed by atoms with Gasteiger partial charge < -0.3 is 4.74 Å². The van der Waals surface area contributed by atoms with E-state index in [-0.39, 0.29) is 22.5 Å². The van der Waals surface area contributed by atoms with Gasteiger partial charge in [-0.1, -0.05) is 48.5 Å².